The van der Waals surface area contributed by atoms with Crippen molar-refractivity contribution in [2.24, 2.45) is 0 Å². The number of anilines is 1. The molecule has 4 nitrogen and oxygen atoms in total. The van der Waals surface area contributed by atoms with Crippen molar-refractivity contribution in [1.29, 1.82) is 0 Å². The quantitative estimate of drug-likeness (QED) is 0.739. The summed E-state index contributed by atoms with van der Waals surface area (Å²) in [5.41, 5.74) is 6.55. The lowest BCUT2D eigenvalue weighted by molar-refractivity contribution is 1.10. The summed E-state index contributed by atoms with van der Waals surface area (Å²) in [4.78, 5) is 8.25. The Morgan fingerprint density at radius 3 is 3.08 bits per heavy atom. The van der Waals surface area contributed by atoms with E-state index >= 15 is 0 Å². The lowest BCUT2D eigenvalue weighted by Gasteiger charge is -1.94. The molecule has 2 rings (SSSR count). The van der Waals surface area contributed by atoms with E-state index in [2.05, 4.69) is 25.9 Å². The van der Waals surface area contributed by atoms with E-state index in [1.54, 1.807) is 10.6 Å². The molecule has 0 atom stereocenters. The molecule has 0 fully saturated rings. The van der Waals surface area contributed by atoms with Crippen LogP contribution in [0.4, 0.5) is 5.82 Å². The van der Waals surface area contributed by atoms with Crippen molar-refractivity contribution in [3.05, 3.63) is 22.6 Å². The normalized spacial score (nSPS) is 10.8. The van der Waals surface area contributed by atoms with Gasteiger partial charge in [-0.3, -0.25) is 4.40 Å². The zero-order valence-electron chi connectivity index (χ0n) is 6.45. The first-order valence-electron chi connectivity index (χ1n) is 3.44. The lowest BCUT2D eigenvalue weighted by Crippen LogP contribution is -1.94. The number of halogens is 1. The molecule has 0 bridgehead atoms. The highest BCUT2D eigenvalue weighted by molar-refractivity contribution is 9.10. The maximum absolute atomic E-state index is 5.75. The van der Waals surface area contributed by atoms with Gasteiger partial charge in [0, 0.05) is 12.4 Å². The Bertz CT molecular complexity index is 434. The van der Waals surface area contributed by atoms with Crippen LogP contribution in [0, 0.1) is 6.92 Å². The van der Waals surface area contributed by atoms with Crippen molar-refractivity contribution in [2.45, 2.75) is 6.92 Å². The molecule has 0 saturated carbocycles. The van der Waals surface area contributed by atoms with Crippen molar-refractivity contribution in [1.82, 2.24) is 14.4 Å². The first-order chi connectivity index (χ1) is 5.68. The van der Waals surface area contributed by atoms with Gasteiger partial charge in [0.15, 0.2) is 0 Å². The predicted octanol–water partition coefficient (Wildman–Crippen LogP) is 1.38. The number of imidazole rings is 1. The number of hydrogen-bond acceptors (Lipinski definition) is 3. The Morgan fingerprint density at radius 2 is 2.33 bits per heavy atom. The van der Waals surface area contributed by atoms with Crippen molar-refractivity contribution in [3.63, 3.8) is 0 Å². The first-order valence-corrected chi connectivity index (χ1v) is 4.23. The highest BCUT2D eigenvalue weighted by Crippen LogP contribution is 2.15. The predicted molar refractivity (Wildman–Crippen MR) is 49.8 cm³/mol. The summed E-state index contributed by atoms with van der Waals surface area (Å²) in [5.74, 6) is 1.27. The maximum Gasteiger partial charge on any atom is 0.235 e. The Labute approximate surface area is 77.6 Å². The van der Waals surface area contributed by atoms with Crippen LogP contribution in [0.1, 0.15) is 5.69 Å². The molecule has 2 heterocycles. The summed E-state index contributed by atoms with van der Waals surface area (Å²) in [6, 6.07) is 0. The molecule has 0 aliphatic carbocycles. The first kappa shape index (κ1) is 7.54. The zero-order valence-corrected chi connectivity index (χ0v) is 8.04. The van der Waals surface area contributed by atoms with E-state index in [-0.39, 0.29) is 0 Å². The molecule has 2 N–H and O–H groups in total. The van der Waals surface area contributed by atoms with Crippen LogP contribution >= 0.6 is 15.9 Å². The number of aromatic nitrogens is 3. The molecule has 0 aliphatic heterocycles. The van der Waals surface area contributed by atoms with Crippen LogP contribution in [0.5, 0.6) is 0 Å². The minimum absolute atomic E-state index is 0.633. The van der Waals surface area contributed by atoms with E-state index in [4.69, 9.17) is 5.73 Å². The second-order valence-electron chi connectivity index (χ2n) is 2.52. The molecule has 0 unspecified atom stereocenters. The van der Waals surface area contributed by atoms with Crippen molar-refractivity contribution < 1.29 is 0 Å². The van der Waals surface area contributed by atoms with Crippen LogP contribution in [0.15, 0.2) is 16.9 Å². The molecule has 62 valence electrons. The molecule has 0 aliphatic rings. The SMILES string of the molecule is Cc1nc2ncc(Br)cn2c1N. The van der Waals surface area contributed by atoms with Gasteiger partial charge >= 0.3 is 0 Å². The standard InChI is InChI=1S/C7H7BrN4/c1-4-6(9)12-3-5(8)2-10-7(12)11-4/h2-3H,9H2,1H3. The fraction of sp³-hybridized carbons (Fsp3) is 0.143. The van der Waals surface area contributed by atoms with Gasteiger partial charge in [0.05, 0.1) is 10.2 Å². The summed E-state index contributed by atoms with van der Waals surface area (Å²) in [6.07, 6.45) is 3.54. The van der Waals surface area contributed by atoms with Gasteiger partial charge in [0.25, 0.3) is 0 Å². The third-order valence-electron chi connectivity index (χ3n) is 1.67. The van der Waals surface area contributed by atoms with Gasteiger partial charge in [-0.2, -0.15) is 0 Å². The molecule has 0 aromatic carbocycles. The molecule has 12 heavy (non-hydrogen) atoms. The average Bonchev–Trinajstić information content (AvgIpc) is 2.31. The monoisotopic (exact) mass is 226 g/mol. The van der Waals surface area contributed by atoms with Gasteiger partial charge in [0.2, 0.25) is 5.78 Å². The number of nitrogens with two attached hydrogens (primary N) is 1. The molecule has 0 spiro atoms. The molecule has 0 amide bonds. The van der Waals surface area contributed by atoms with E-state index in [9.17, 15) is 0 Å². The van der Waals surface area contributed by atoms with Gasteiger partial charge in [-0.15, -0.1) is 0 Å². The fourth-order valence-electron chi connectivity index (χ4n) is 1.04. The number of nitrogens with zero attached hydrogens (tertiary/aromatic N) is 3. The smallest absolute Gasteiger partial charge is 0.235 e. The third kappa shape index (κ3) is 0.972. The highest BCUT2D eigenvalue weighted by Gasteiger charge is 2.04. The Hall–Kier alpha value is -1.10. The molecule has 2 aromatic heterocycles. The van der Waals surface area contributed by atoms with E-state index < -0.39 is 0 Å². The summed E-state index contributed by atoms with van der Waals surface area (Å²) in [7, 11) is 0. The van der Waals surface area contributed by atoms with E-state index in [1.165, 1.54) is 0 Å². The highest BCUT2D eigenvalue weighted by atomic mass is 79.9. The largest absolute Gasteiger partial charge is 0.383 e. The molecule has 0 saturated heterocycles. The maximum atomic E-state index is 5.75. The van der Waals surface area contributed by atoms with Crippen LogP contribution in [-0.2, 0) is 0 Å². The molecule has 5 heteroatoms. The number of aryl methyl sites for hydroxylation is 1. The number of rotatable bonds is 0. The zero-order chi connectivity index (χ0) is 8.72. The van der Waals surface area contributed by atoms with Crippen molar-refractivity contribution in [3.8, 4) is 0 Å². The van der Waals surface area contributed by atoms with Crippen LogP contribution in [0.25, 0.3) is 5.78 Å². The summed E-state index contributed by atoms with van der Waals surface area (Å²) < 4.78 is 2.64. The number of nitrogen functional groups attached to an aromatic ring is 1. The van der Waals surface area contributed by atoms with Crippen LogP contribution < -0.4 is 5.73 Å². The Balaban J connectivity index is 2.88. The van der Waals surface area contributed by atoms with Crippen molar-refractivity contribution in [2.75, 3.05) is 5.73 Å². The molecular weight excluding hydrogens is 220 g/mol. The van der Waals surface area contributed by atoms with Crippen LogP contribution in [0.2, 0.25) is 0 Å². The van der Waals surface area contributed by atoms with E-state index in [0.29, 0.717) is 11.6 Å². The van der Waals surface area contributed by atoms with Gasteiger partial charge < -0.3 is 5.73 Å². The van der Waals surface area contributed by atoms with Crippen LogP contribution in [-0.4, -0.2) is 14.4 Å². The molecule has 0 radical (unpaired) electrons. The third-order valence-corrected chi connectivity index (χ3v) is 2.08. The second kappa shape index (κ2) is 2.45. The van der Waals surface area contributed by atoms with E-state index in [1.807, 2.05) is 13.1 Å². The molecule has 2 aromatic rings. The number of hydrogen-bond donors (Lipinski definition) is 1. The average molecular weight is 227 g/mol. The Kier molecular flexibility index (Phi) is 1.54. The van der Waals surface area contributed by atoms with Crippen molar-refractivity contribution >= 4 is 27.5 Å². The summed E-state index contributed by atoms with van der Waals surface area (Å²) in [6.45, 7) is 1.86. The van der Waals surface area contributed by atoms with Gasteiger partial charge in [-0.1, -0.05) is 0 Å². The summed E-state index contributed by atoms with van der Waals surface area (Å²) >= 11 is 3.31. The minimum Gasteiger partial charge on any atom is -0.383 e. The molecular formula is C7H7BrN4. The Morgan fingerprint density at radius 1 is 1.58 bits per heavy atom. The van der Waals surface area contributed by atoms with Gasteiger partial charge in [-0.05, 0) is 22.9 Å². The van der Waals surface area contributed by atoms with E-state index in [0.717, 1.165) is 10.2 Å². The lowest BCUT2D eigenvalue weighted by atomic mass is 10.5. The fourth-order valence-corrected chi connectivity index (χ4v) is 1.34. The van der Waals surface area contributed by atoms with Gasteiger partial charge in [0.1, 0.15) is 5.82 Å². The van der Waals surface area contributed by atoms with Gasteiger partial charge in [-0.25, -0.2) is 9.97 Å². The second-order valence-corrected chi connectivity index (χ2v) is 3.44. The van der Waals surface area contributed by atoms with Crippen LogP contribution in [0.3, 0.4) is 0 Å². The topological polar surface area (TPSA) is 56.2 Å². The number of fused-ring (bicyclic) bond motifs is 1. The summed E-state index contributed by atoms with van der Waals surface area (Å²) in [5, 5.41) is 0. The minimum atomic E-state index is 0.633.